The molecule has 0 atom stereocenters. The molecule has 0 aliphatic rings. The Hall–Kier alpha value is -3.24. The van der Waals surface area contributed by atoms with Crippen molar-refractivity contribution in [1.29, 1.82) is 5.26 Å². The number of nitrogens with zero attached hydrogens (tertiary/aromatic N) is 2. The van der Waals surface area contributed by atoms with Crippen LogP contribution in [0.4, 0.5) is 0 Å². The lowest BCUT2D eigenvalue weighted by Gasteiger charge is -2.20. The van der Waals surface area contributed by atoms with E-state index in [-0.39, 0.29) is 37.8 Å². The molecule has 0 radical (unpaired) electrons. The number of benzene rings is 1. The second-order valence-corrected chi connectivity index (χ2v) is 6.53. The molecule has 2 heterocycles. The monoisotopic (exact) mass is 400 g/mol. The minimum absolute atomic E-state index is 0.188. The van der Waals surface area contributed by atoms with Crippen molar-refractivity contribution in [3.63, 3.8) is 0 Å². The standard InChI is InChI=1S/C20H17ClN2O5/c1-13-8-20(25)28-17-10-18(16(21)9-15(13)17)27-12-19(24)23(6-3-5-22)11-14-4-2-7-26-14/h2,4,7-10H,3,6,11-12H2,1H3. The highest BCUT2D eigenvalue weighted by molar-refractivity contribution is 6.32. The van der Waals surface area contributed by atoms with Crippen molar-refractivity contribution in [2.45, 2.75) is 19.9 Å². The maximum Gasteiger partial charge on any atom is 0.336 e. The summed E-state index contributed by atoms with van der Waals surface area (Å²) in [5.41, 5.74) is 0.584. The molecule has 0 aliphatic heterocycles. The molecule has 3 rings (SSSR count). The Kier molecular flexibility index (Phi) is 6.02. The van der Waals surface area contributed by atoms with Gasteiger partial charge in [0.1, 0.15) is 17.1 Å². The molecule has 1 aromatic carbocycles. The molecule has 1 amide bonds. The summed E-state index contributed by atoms with van der Waals surface area (Å²) in [7, 11) is 0. The lowest BCUT2D eigenvalue weighted by Crippen LogP contribution is -2.35. The molecular weight excluding hydrogens is 384 g/mol. The highest BCUT2D eigenvalue weighted by Crippen LogP contribution is 2.31. The average molecular weight is 401 g/mol. The number of carbonyl (C=O) groups is 1. The van der Waals surface area contributed by atoms with Crippen molar-refractivity contribution in [3.8, 4) is 11.8 Å². The van der Waals surface area contributed by atoms with Crippen molar-refractivity contribution in [2.75, 3.05) is 13.2 Å². The van der Waals surface area contributed by atoms with E-state index >= 15 is 0 Å². The van der Waals surface area contributed by atoms with Gasteiger partial charge in [-0.2, -0.15) is 5.26 Å². The molecule has 0 saturated carbocycles. The van der Waals surface area contributed by atoms with Crippen LogP contribution in [0.2, 0.25) is 5.02 Å². The summed E-state index contributed by atoms with van der Waals surface area (Å²) in [5, 5.41) is 9.81. The molecule has 7 nitrogen and oxygen atoms in total. The van der Waals surface area contributed by atoms with Crippen molar-refractivity contribution < 1.29 is 18.4 Å². The van der Waals surface area contributed by atoms with Crippen LogP contribution in [0.1, 0.15) is 17.7 Å². The van der Waals surface area contributed by atoms with Gasteiger partial charge in [-0.1, -0.05) is 11.6 Å². The van der Waals surface area contributed by atoms with Crippen LogP contribution in [-0.4, -0.2) is 24.0 Å². The van der Waals surface area contributed by atoms with Crippen LogP contribution in [0.15, 0.2) is 50.2 Å². The molecule has 0 saturated heterocycles. The van der Waals surface area contributed by atoms with Gasteiger partial charge < -0.3 is 18.5 Å². The number of amides is 1. The number of hydrogen-bond donors (Lipinski definition) is 0. The molecule has 0 bridgehead atoms. The summed E-state index contributed by atoms with van der Waals surface area (Å²) >= 11 is 6.25. The zero-order valence-electron chi connectivity index (χ0n) is 15.1. The van der Waals surface area contributed by atoms with Gasteiger partial charge in [0, 0.05) is 24.1 Å². The molecule has 144 valence electrons. The number of nitriles is 1. The largest absolute Gasteiger partial charge is 0.482 e. The Morgan fingerprint density at radius 2 is 2.18 bits per heavy atom. The third kappa shape index (κ3) is 4.53. The van der Waals surface area contributed by atoms with Crippen LogP contribution in [0.3, 0.4) is 0 Å². The lowest BCUT2D eigenvalue weighted by molar-refractivity contribution is -0.134. The van der Waals surface area contributed by atoms with Crippen molar-refractivity contribution in [2.24, 2.45) is 0 Å². The Morgan fingerprint density at radius 1 is 1.36 bits per heavy atom. The van der Waals surface area contributed by atoms with Crippen molar-refractivity contribution in [1.82, 2.24) is 4.90 Å². The Balaban J connectivity index is 1.75. The van der Waals surface area contributed by atoms with Gasteiger partial charge in [-0.15, -0.1) is 0 Å². The fourth-order valence-corrected chi connectivity index (χ4v) is 2.95. The van der Waals surface area contributed by atoms with Gasteiger partial charge in [0.25, 0.3) is 5.91 Å². The van der Waals surface area contributed by atoms with E-state index in [0.29, 0.717) is 21.8 Å². The smallest absolute Gasteiger partial charge is 0.336 e. The number of carbonyl (C=O) groups excluding carboxylic acids is 1. The van der Waals surface area contributed by atoms with E-state index in [2.05, 4.69) is 0 Å². The predicted molar refractivity (Wildman–Crippen MR) is 102 cm³/mol. The van der Waals surface area contributed by atoms with E-state index in [9.17, 15) is 9.59 Å². The second kappa shape index (κ2) is 8.63. The molecular formula is C20H17ClN2O5. The van der Waals surface area contributed by atoms with Crippen LogP contribution in [-0.2, 0) is 11.3 Å². The van der Waals surface area contributed by atoms with E-state index in [1.807, 2.05) is 6.07 Å². The zero-order valence-corrected chi connectivity index (χ0v) is 15.9. The summed E-state index contributed by atoms with van der Waals surface area (Å²) in [4.78, 5) is 25.6. The van der Waals surface area contributed by atoms with Gasteiger partial charge in [-0.05, 0) is 30.7 Å². The molecule has 0 aliphatic carbocycles. The number of ether oxygens (including phenoxy) is 1. The summed E-state index contributed by atoms with van der Waals surface area (Å²) in [5.74, 6) is 0.510. The lowest BCUT2D eigenvalue weighted by atomic mass is 10.1. The first-order valence-corrected chi connectivity index (χ1v) is 8.89. The molecule has 28 heavy (non-hydrogen) atoms. The topological polar surface area (TPSA) is 96.7 Å². The SMILES string of the molecule is Cc1cc(=O)oc2cc(OCC(=O)N(CCC#N)Cc3ccco3)c(Cl)cc12. The summed E-state index contributed by atoms with van der Waals surface area (Å²) in [6.45, 7) is 1.98. The number of rotatable bonds is 7. The van der Waals surface area contributed by atoms with Crippen LogP contribution < -0.4 is 10.4 Å². The zero-order chi connectivity index (χ0) is 20.1. The van der Waals surface area contributed by atoms with E-state index < -0.39 is 5.63 Å². The normalized spacial score (nSPS) is 10.6. The molecule has 0 fully saturated rings. The van der Waals surface area contributed by atoms with Crippen LogP contribution in [0, 0.1) is 18.3 Å². The number of fused-ring (bicyclic) bond motifs is 1. The summed E-state index contributed by atoms with van der Waals surface area (Å²) < 4.78 is 16.0. The molecule has 8 heteroatoms. The van der Waals surface area contributed by atoms with Crippen molar-refractivity contribution >= 4 is 28.5 Å². The maximum absolute atomic E-state index is 12.6. The fourth-order valence-electron chi connectivity index (χ4n) is 2.73. The third-order valence-electron chi connectivity index (χ3n) is 4.13. The highest BCUT2D eigenvalue weighted by atomic mass is 35.5. The molecule has 0 spiro atoms. The first kappa shape index (κ1) is 19.5. The van der Waals surface area contributed by atoms with Gasteiger partial charge in [-0.3, -0.25) is 4.79 Å². The second-order valence-electron chi connectivity index (χ2n) is 6.12. The van der Waals surface area contributed by atoms with Gasteiger partial charge in [0.2, 0.25) is 0 Å². The quantitative estimate of drug-likeness (QED) is 0.561. The summed E-state index contributed by atoms with van der Waals surface area (Å²) in [6, 6.07) is 9.99. The van der Waals surface area contributed by atoms with E-state index in [4.69, 9.17) is 30.4 Å². The Morgan fingerprint density at radius 3 is 2.89 bits per heavy atom. The molecule has 3 aromatic rings. The number of furan rings is 1. The number of aryl methyl sites for hydroxylation is 1. The highest BCUT2D eigenvalue weighted by Gasteiger charge is 2.17. The van der Waals surface area contributed by atoms with Gasteiger partial charge in [0.05, 0.1) is 30.3 Å². The minimum Gasteiger partial charge on any atom is -0.482 e. The molecule has 0 N–H and O–H groups in total. The molecule has 2 aromatic heterocycles. The van der Waals surface area contributed by atoms with Crippen LogP contribution >= 0.6 is 11.6 Å². The Bertz CT molecular complexity index is 1080. The third-order valence-corrected chi connectivity index (χ3v) is 4.42. The van der Waals surface area contributed by atoms with Gasteiger partial charge in [-0.25, -0.2) is 4.79 Å². The van der Waals surface area contributed by atoms with E-state index in [1.165, 1.54) is 23.3 Å². The maximum atomic E-state index is 12.6. The van der Waals surface area contributed by atoms with E-state index in [1.54, 1.807) is 25.1 Å². The number of hydrogen-bond acceptors (Lipinski definition) is 6. The first-order chi connectivity index (χ1) is 13.5. The summed E-state index contributed by atoms with van der Waals surface area (Å²) in [6.07, 6.45) is 1.71. The van der Waals surface area contributed by atoms with E-state index in [0.717, 1.165) is 5.56 Å². The average Bonchev–Trinajstić information content (AvgIpc) is 3.17. The van der Waals surface area contributed by atoms with Gasteiger partial charge in [0.15, 0.2) is 6.61 Å². The Labute approximate surface area is 165 Å². The predicted octanol–water partition coefficient (Wildman–Crippen LogP) is 3.67. The molecule has 0 unspecified atom stereocenters. The number of halogens is 1. The fraction of sp³-hybridized carbons (Fsp3) is 0.250. The van der Waals surface area contributed by atoms with Gasteiger partial charge >= 0.3 is 5.63 Å². The van der Waals surface area contributed by atoms with Crippen LogP contribution in [0.5, 0.6) is 5.75 Å². The van der Waals surface area contributed by atoms with Crippen molar-refractivity contribution in [3.05, 3.63) is 63.4 Å². The van der Waals surface area contributed by atoms with Crippen LogP contribution in [0.25, 0.3) is 11.0 Å². The first-order valence-electron chi connectivity index (χ1n) is 8.52. The minimum atomic E-state index is -0.476.